The Balaban J connectivity index is 2.02. The molecular weight excluding hydrogens is 302 g/mol. The lowest BCUT2D eigenvalue weighted by atomic mass is 10.1. The number of hydrogen-bond acceptors (Lipinski definition) is 3. The molecule has 0 unspecified atom stereocenters. The highest BCUT2D eigenvalue weighted by Crippen LogP contribution is 2.28. The van der Waals surface area contributed by atoms with E-state index in [9.17, 15) is 4.79 Å². The minimum atomic E-state index is 0.0646. The minimum Gasteiger partial charge on any atom is -0.493 e. The third kappa shape index (κ3) is 5.02. The first-order valence-corrected chi connectivity index (χ1v) is 8.91. The number of rotatable bonds is 6. The maximum Gasteiger partial charge on any atom is 0.246 e. The van der Waals surface area contributed by atoms with E-state index in [1.54, 1.807) is 13.2 Å². The van der Waals surface area contributed by atoms with Gasteiger partial charge in [0.2, 0.25) is 5.91 Å². The molecule has 2 rings (SSSR count). The summed E-state index contributed by atoms with van der Waals surface area (Å²) >= 11 is 0. The molecule has 0 atom stereocenters. The number of likely N-dealkylation sites (N-methyl/N-ethyl adjacent to an activating group) is 1. The van der Waals surface area contributed by atoms with Crippen molar-refractivity contribution in [2.75, 3.05) is 20.8 Å². The lowest BCUT2D eigenvalue weighted by Gasteiger charge is -2.26. The molecule has 24 heavy (non-hydrogen) atoms. The largest absolute Gasteiger partial charge is 0.493 e. The van der Waals surface area contributed by atoms with Crippen molar-refractivity contribution in [3.63, 3.8) is 0 Å². The monoisotopic (exact) mass is 331 g/mol. The number of hydrogen-bond donors (Lipinski definition) is 0. The summed E-state index contributed by atoms with van der Waals surface area (Å²) in [5, 5.41) is 0. The molecule has 0 aromatic heterocycles. The Morgan fingerprint density at radius 1 is 1.21 bits per heavy atom. The maximum atomic E-state index is 12.4. The van der Waals surface area contributed by atoms with Crippen LogP contribution >= 0.6 is 0 Å². The van der Waals surface area contributed by atoms with Crippen molar-refractivity contribution >= 4 is 12.0 Å². The summed E-state index contributed by atoms with van der Waals surface area (Å²) in [6.07, 6.45) is 10.8. The molecular formula is C20H29NO3. The second-order valence-corrected chi connectivity index (χ2v) is 6.27. The summed E-state index contributed by atoms with van der Waals surface area (Å²) < 4.78 is 10.9. The second-order valence-electron chi connectivity index (χ2n) is 6.27. The fourth-order valence-corrected chi connectivity index (χ4v) is 3.17. The van der Waals surface area contributed by atoms with Crippen LogP contribution in [0.4, 0.5) is 0 Å². The highest BCUT2D eigenvalue weighted by molar-refractivity contribution is 5.91. The number of methoxy groups -OCH3 is 1. The minimum absolute atomic E-state index is 0.0646. The number of benzene rings is 1. The first kappa shape index (κ1) is 18.4. The van der Waals surface area contributed by atoms with Gasteiger partial charge in [-0.3, -0.25) is 4.79 Å². The van der Waals surface area contributed by atoms with E-state index in [-0.39, 0.29) is 5.91 Å². The van der Waals surface area contributed by atoms with Crippen molar-refractivity contribution in [1.82, 2.24) is 4.90 Å². The summed E-state index contributed by atoms with van der Waals surface area (Å²) in [7, 11) is 3.54. The van der Waals surface area contributed by atoms with E-state index < -0.39 is 0 Å². The summed E-state index contributed by atoms with van der Waals surface area (Å²) in [5.74, 6) is 1.47. The van der Waals surface area contributed by atoms with Crippen LogP contribution in [0.3, 0.4) is 0 Å². The molecule has 4 heteroatoms. The molecule has 0 bridgehead atoms. The van der Waals surface area contributed by atoms with E-state index >= 15 is 0 Å². The Kier molecular flexibility index (Phi) is 7.16. The van der Waals surface area contributed by atoms with Gasteiger partial charge in [0.15, 0.2) is 11.5 Å². The van der Waals surface area contributed by atoms with Gasteiger partial charge < -0.3 is 14.4 Å². The van der Waals surface area contributed by atoms with Crippen molar-refractivity contribution in [2.45, 2.75) is 51.5 Å². The van der Waals surface area contributed by atoms with Gasteiger partial charge in [0.1, 0.15) is 0 Å². The van der Waals surface area contributed by atoms with Gasteiger partial charge in [-0.2, -0.15) is 0 Å². The number of carbonyl (C=O) groups excluding carboxylic acids is 1. The molecule has 1 aliphatic rings. The molecule has 1 amide bonds. The van der Waals surface area contributed by atoms with Gasteiger partial charge in [-0.1, -0.05) is 31.7 Å². The van der Waals surface area contributed by atoms with Crippen LogP contribution in [0.1, 0.15) is 51.0 Å². The zero-order valence-corrected chi connectivity index (χ0v) is 15.1. The van der Waals surface area contributed by atoms with Gasteiger partial charge >= 0.3 is 0 Å². The van der Waals surface area contributed by atoms with Crippen LogP contribution in [0.25, 0.3) is 6.08 Å². The average Bonchev–Trinajstić information content (AvgIpc) is 2.89. The second kappa shape index (κ2) is 9.36. The average molecular weight is 331 g/mol. The molecule has 0 N–H and O–H groups in total. The topological polar surface area (TPSA) is 38.8 Å². The fourth-order valence-electron chi connectivity index (χ4n) is 3.17. The normalized spacial score (nSPS) is 16.0. The number of amides is 1. The Hall–Kier alpha value is -1.97. The van der Waals surface area contributed by atoms with Crippen LogP contribution < -0.4 is 9.47 Å². The summed E-state index contributed by atoms with van der Waals surface area (Å²) in [6, 6.07) is 6.07. The van der Waals surface area contributed by atoms with E-state index in [0.29, 0.717) is 18.4 Å². The Labute approximate surface area is 145 Å². The van der Waals surface area contributed by atoms with Crippen LogP contribution in [0.15, 0.2) is 24.3 Å². The van der Waals surface area contributed by atoms with Crippen LogP contribution in [-0.4, -0.2) is 37.6 Å². The SMILES string of the molecule is CCOc1ccc(/C=C/C(=O)N(C)C2CCCCCC2)cc1OC. The predicted molar refractivity (Wildman–Crippen MR) is 97.5 cm³/mol. The van der Waals surface area contributed by atoms with E-state index in [4.69, 9.17) is 9.47 Å². The fraction of sp³-hybridized carbons (Fsp3) is 0.550. The molecule has 132 valence electrons. The molecule has 4 nitrogen and oxygen atoms in total. The van der Waals surface area contributed by atoms with Crippen molar-refractivity contribution in [1.29, 1.82) is 0 Å². The molecule has 1 saturated carbocycles. The zero-order valence-electron chi connectivity index (χ0n) is 15.1. The maximum absolute atomic E-state index is 12.4. The smallest absolute Gasteiger partial charge is 0.246 e. The highest BCUT2D eigenvalue weighted by Gasteiger charge is 2.19. The molecule has 0 spiro atoms. The van der Waals surface area contributed by atoms with Gasteiger partial charge in [0.05, 0.1) is 13.7 Å². The van der Waals surface area contributed by atoms with Gasteiger partial charge in [-0.05, 0) is 43.5 Å². The number of ether oxygens (including phenoxy) is 2. The van der Waals surface area contributed by atoms with Crippen LogP contribution in [0.5, 0.6) is 11.5 Å². The Morgan fingerprint density at radius 3 is 2.54 bits per heavy atom. The lowest BCUT2D eigenvalue weighted by molar-refractivity contribution is -0.126. The third-order valence-electron chi connectivity index (χ3n) is 4.63. The molecule has 0 heterocycles. The third-order valence-corrected chi connectivity index (χ3v) is 4.63. The standard InChI is InChI=1S/C20H29NO3/c1-4-24-18-13-11-16(15-19(18)23-3)12-14-20(22)21(2)17-9-7-5-6-8-10-17/h11-15,17H,4-10H2,1-3H3/b14-12+. The lowest BCUT2D eigenvalue weighted by Crippen LogP contribution is -2.35. The van der Waals surface area contributed by atoms with Crippen LogP contribution in [0.2, 0.25) is 0 Å². The molecule has 0 radical (unpaired) electrons. The molecule has 1 aromatic carbocycles. The van der Waals surface area contributed by atoms with Gasteiger partial charge in [-0.15, -0.1) is 0 Å². The summed E-state index contributed by atoms with van der Waals surface area (Å²) in [5.41, 5.74) is 0.929. The highest BCUT2D eigenvalue weighted by atomic mass is 16.5. The van der Waals surface area contributed by atoms with Crippen molar-refractivity contribution in [3.8, 4) is 11.5 Å². The molecule has 1 aliphatic carbocycles. The van der Waals surface area contributed by atoms with Crippen LogP contribution in [0, 0.1) is 0 Å². The molecule has 0 aliphatic heterocycles. The van der Waals surface area contributed by atoms with Crippen molar-refractivity contribution < 1.29 is 14.3 Å². The molecule has 1 aromatic rings. The van der Waals surface area contributed by atoms with E-state index in [1.807, 2.05) is 43.1 Å². The summed E-state index contributed by atoms with van der Waals surface area (Å²) in [6.45, 7) is 2.53. The predicted octanol–water partition coefficient (Wildman–Crippen LogP) is 4.29. The first-order valence-electron chi connectivity index (χ1n) is 8.91. The molecule has 0 saturated heterocycles. The Morgan fingerprint density at radius 2 is 1.92 bits per heavy atom. The van der Waals surface area contributed by atoms with Gasteiger partial charge in [0, 0.05) is 19.2 Å². The van der Waals surface area contributed by atoms with Gasteiger partial charge in [0.25, 0.3) is 0 Å². The number of nitrogens with zero attached hydrogens (tertiary/aromatic N) is 1. The van der Waals surface area contributed by atoms with Crippen molar-refractivity contribution in [3.05, 3.63) is 29.8 Å². The van der Waals surface area contributed by atoms with E-state index in [0.717, 1.165) is 24.2 Å². The Bertz CT molecular complexity index is 560. The van der Waals surface area contributed by atoms with Crippen molar-refractivity contribution in [2.24, 2.45) is 0 Å². The van der Waals surface area contributed by atoms with Gasteiger partial charge in [-0.25, -0.2) is 0 Å². The zero-order chi connectivity index (χ0) is 17.4. The first-order chi connectivity index (χ1) is 11.7. The van der Waals surface area contributed by atoms with E-state index in [2.05, 4.69) is 0 Å². The summed E-state index contributed by atoms with van der Waals surface area (Å²) in [4.78, 5) is 14.3. The molecule has 1 fully saturated rings. The quantitative estimate of drug-likeness (QED) is 0.576. The number of carbonyl (C=O) groups is 1. The van der Waals surface area contributed by atoms with Crippen LogP contribution in [-0.2, 0) is 4.79 Å². The van der Waals surface area contributed by atoms with E-state index in [1.165, 1.54) is 25.7 Å².